The lowest BCUT2D eigenvalue weighted by Gasteiger charge is -2.27. The van der Waals surface area contributed by atoms with Gasteiger partial charge in [-0.05, 0) is 91.3 Å². The number of aryl methyl sites for hydroxylation is 2. The van der Waals surface area contributed by atoms with Gasteiger partial charge in [0.25, 0.3) is 0 Å². The Morgan fingerprint density at radius 2 is 1.55 bits per heavy atom. The molecule has 0 atom stereocenters. The largest absolute Gasteiger partial charge is 0.494 e. The first-order valence-electron chi connectivity index (χ1n) is 11.3. The highest BCUT2D eigenvalue weighted by Gasteiger charge is 2.36. The summed E-state index contributed by atoms with van der Waals surface area (Å²) in [6, 6.07) is 20.7. The van der Waals surface area contributed by atoms with Crippen molar-refractivity contribution in [2.75, 3.05) is 6.61 Å². The minimum Gasteiger partial charge on any atom is -0.494 e. The van der Waals surface area contributed by atoms with Crippen molar-refractivity contribution in [3.05, 3.63) is 82.9 Å². The lowest BCUT2D eigenvalue weighted by atomic mass is 9.84. The van der Waals surface area contributed by atoms with E-state index < -0.39 is 5.60 Å². The van der Waals surface area contributed by atoms with Gasteiger partial charge in [0.15, 0.2) is 0 Å². The van der Waals surface area contributed by atoms with Crippen LogP contribution in [0.3, 0.4) is 0 Å². The van der Waals surface area contributed by atoms with Gasteiger partial charge in [-0.15, -0.1) is 0 Å². The highest BCUT2D eigenvalue weighted by molar-refractivity contribution is 5.72. The van der Waals surface area contributed by atoms with Crippen LogP contribution in [0.5, 0.6) is 11.5 Å². The van der Waals surface area contributed by atoms with Crippen LogP contribution in [0.2, 0.25) is 0 Å². The van der Waals surface area contributed by atoms with Gasteiger partial charge in [-0.2, -0.15) is 0 Å². The SMILES string of the molecule is CCOc1cc(C2(O)CCCC2)c(-c2ccc(OCc3ccccc3)c(C)c2)cc1C. The van der Waals surface area contributed by atoms with E-state index in [1.807, 2.05) is 31.2 Å². The highest BCUT2D eigenvalue weighted by Crippen LogP contribution is 2.45. The molecular weight excluding hydrogens is 384 g/mol. The first-order valence-corrected chi connectivity index (χ1v) is 11.3. The average Bonchev–Trinajstić information content (AvgIpc) is 3.22. The molecule has 3 aromatic rings. The van der Waals surface area contributed by atoms with Gasteiger partial charge in [-0.3, -0.25) is 0 Å². The minimum atomic E-state index is -0.786. The lowest BCUT2D eigenvalue weighted by Crippen LogP contribution is -2.22. The van der Waals surface area contributed by atoms with Crippen molar-refractivity contribution in [1.82, 2.24) is 0 Å². The second-order valence-electron chi connectivity index (χ2n) is 8.59. The van der Waals surface area contributed by atoms with Crippen LogP contribution >= 0.6 is 0 Å². The Bertz CT molecular complexity index is 1030. The van der Waals surface area contributed by atoms with Gasteiger partial charge in [0, 0.05) is 0 Å². The number of rotatable bonds is 7. The van der Waals surface area contributed by atoms with E-state index in [-0.39, 0.29) is 0 Å². The molecule has 4 rings (SSSR count). The zero-order valence-corrected chi connectivity index (χ0v) is 18.8. The number of benzene rings is 3. The Balaban J connectivity index is 1.68. The molecule has 3 nitrogen and oxygen atoms in total. The second kappa shape index (κ2) is 9.15. The number of ether oxygens (including phenoxy) is 2. The standard InChI is InChI=1S/C28H32O3/c1-4-30-27-18-25(28(29)14-8-9-15-28)24(17-21(27)3)23-12-13-26(20(2)16-23)31-19-22-10-6-5-7-11-22/h5-7,10-13,16-18,29H,4,8-9,14-15,19H2,1-3H3. The number of hydrogen-bond acceptors (Lipinski definition) is 3. The Hall–Kier alpha value is -2.78. The van der Waals surface area contributed by atoms with Gasteiger partial charge in [-0.1, -0.05) is 49.2 Å². The molecule has 0 spiro atoms. The summed E-state index contributed by atoms with van der Waals surface area (Å²) < 4.78 is 11.9. The van der Waals surface area contributed by atoms with Gasteiger partial charge in [0.2, 0.25) is 0 Å². The van der Waals surface area contributed by atoms with Crippen molar-refractivity contribution < 1.29 is 14.6 Å². The third-order valence-electron chi connectivity index (χ3n) is 6.27. The summed E-state index contributed by atoms with van der Waals surface area (Å²) in [6.45, 7) is 7.31. The first-order chi connectivity index (χ1) is 15.0. The van der Waals surface area contributed by atoms with Crippen molar-refractivity contribution in [3.63, 3.8) is 0 Å². The van der Waals surface area contributed by atoms with Gasteiger partial charge >= 0.3 is 0 Å². The van der Waals surface area contributed by atoms with Crippen LogP contribution < -0.4 is 9.47 Å². The molecule has 1 aliphatic rings. The maximum absolute atomic E-state index is 11.4. The molecule has 1 N–H and O–H groups in total. The van der Waals surface area contributed by atoms with Crippen LogP contribution in [-0.4, -0.2) is 11.7 Å². The van der Waals surface area contributed by atoms with E-state index in [0.29, 0.717) is 13.2 Å². The van der Waals surface area contributed by atoms with Gasteiger partial charge in [-0.25, -0.2) is 0 Å². The zero-order valence-electron chi connectivity index (χ0n) is 18.8. The maximum atomic E-state index is 11.4. The Morgan fingerprint density at radius 3 is 2.23 bits per heavy atom. The fourth-order valence-corrected chi connectivity index (χ4v) is 4.57. The molecule has 0 aromatic heterocycles. The van der Waals surface area contributed by atoms with Crippen LogP contribution in [0.4, 0.5) is 0 Å². The zero-order chi connectivity index (χ0) is 21.8. The summed E-state index contributed by atoms with van der Waals surface area (Å²) in [5.74, 6) is 1.75. The highest BCUT2D eigenvalue weighted by atomic mass is 16.5. The molecule has 0 unspecified atom stereocenters. The fourth-order valence-electron chi connectivity index (χ4n) is 4.57. The van der Waals surface area contributed by atoms with E-state index in [0.717, 1.165) is 70.6 Å². The van der Waals surface area contributed by atoms with E-state index in [1.54, 1.807) is 0 Å². The Kier molecular flexibility index (Phi) is 6.33. The predicted octanol–water partition coefficient (Wildman–Crippen LogP) is 6.71. The van der Waals surface area contributed by atoms with Gasteiger partial charge in [0.05, 0.1) is 12.2 Å². The second-order valence-corrected chi connectivity index (χ2v) is 8.59. The van der Waals surface area contributed by atoms with Crippen molar-refractivity contribution in [1.29, 1.82) is 0 Å². The van der Waals surface area contributed by atoms with Crippen molar-refractivity contribution in [2.24, 2.45) is 0 Å². The molecule has 3 aromatic carbocycles. The maximum Gasteiger partial charge on any atom is 0.122 e. The van der Waals surface area contributed by atoms with E-state index in [2.05, 4.69) is 50.2 Å². The van der Waals surface area contributed by atoms with Crippen LogP contribution in [0.1, 0.15) is 54.9 Å². The third kappa shape index (κ3) is 4.62. The Morgan fingerprint density at radius 1 is 0.839 bits per heavy atom. The van der Waals surface area contributed by atoms with Crippen molar-refractivity contribution in [3.8, 4) is 22.6 Å². The van der Waals surface area contributed by atoms with Crippen molar-refractivity contribution in [2.45, 2.75) is 58.7 Å². The molecule has 0 heterocycles. The topological polar surface area (TPSA) is 38.7 Å². The number of aliphatic hydroxyl groups is 1. The lowest BCUT2D eigenvalue weighted by molar-refractivity contribution is 0.0448. The van der Waals surface area contributed by atoms with Crippen molar-refractivity contribution >= 4 is 0 Å². The monoisotopic (exact) mass is 416 g/mol. The van der Waals surface area contributed by atoms with Crippen LogP contribution in [-0.2, 0) is 12.2 Å². The molecule has 162 valence electrons. The van der Waals surface area contributed by atoms with E-state index in [4.69, 9.17) is 9.47 Å². The molecule has 0 radical (unpaired) electrons. The summed E-state index contributed by atoms with van der Waals surface area (Å²) in [7, 11) is 0. The fraction of sp³-hybridized carbons (Fsp3) is 0.357. The molecule has 1 saturated carbocycles. The summed E-state index contributed by atoms with van der Waals surface area (Å²) >= 11 is 0. The van der Waals surface area contributed by atoms with Crippen LogP contribution in [0, 0.1) is 13.8 Å². The van der Waals surface area contributed by atoms with Crippen LogP contribution in [0.15, 0.2) is 60.7 Å². The van der Waals surface area contributed by atoms with E-state index in [9.17, 15) is 5.11 Å². The quantitative estimate of drug-likeness (QED) is 0.465. The molecule has 0 bridgehead atoms. The van der Waals surface area contributed by atoms with E-state index >= 15 is 0 Å². The van der Waals surface area contributed by atoms with Gasteiger partial charge in [0.1, 0.15) is 18.1 Å². The van der Waals surface area contributed by atoms with E-state index in [1.165, 1.54) is 0 Å². The molecule has 0 saturated heterocycles. The summed E-state index contributed by atoms with van der Waals surface area (Å²) in [4.78, 5) is 0. The Labute approximate surface area is 185 Å². The smallest absolute Gasteiger partial charge is 0.122 e. The molecule has 3 heteroatoms. The molecule has 1 fully saturated rings. The molecule has 1 aliphatic carbocycles. The third-order valence-corrected chi connectivity index (χ3v) is 6.27. The molecule has 0 amide bonds. The minimum absolute atomic E-state index is 0.550. The summed E-state index contributed by atoms with van der Waals surface area (Å²) in [6.07, 6.45) is 3.70. The number of hydrogen-bond donors (Lipinski definition) is 1. The predicted molar refractivity (Wildman–Crippen MR) is 126 cm³/mol. The summed E-state index contributed by atoms with van der Waals surface area (Å²) in [5.41, 5.74) is 5.71. The van der Waals surface area contributed by atoms with Gasteiger partial charge < -0.3 is 14.6 Å². The molecule has 31 heavy (non-hydrogen) atoms. The van der Waals surface area contributed by atoms with Crippen LogP contribution in [0.25, 0.3) is 11.1 Å². The normalized spacial score (nSPS) is 15.1. The summed E-state index contributed by atoms with van der Waals surface area (Å²) in [5, 5.41) is 11.4. The molecule has 0 aliphatic heterocycles. The molecular formula is C28H32O3. The first kappa shape index (κ1) is 21.5. The average molecular weight is 417 g/mol.